The standard InChI is InChI=1S/C9H12.2C3H8/c1-3-9-6-4-5-8(2)7-9;2*1-3-2/h4-7H,3H2,1-2H3;2*3H2,1-2H3. The van der Waals surface area contributed by atoms with E-state index < -0.39 is 0 Å². The summed E-state index contributed by atoms with van der Waals surface area (Å²) in [5, 5.41) is 0. The van der Waals surface area contributed by atoms with E-state index >= 15 is 0 Å². The summed E-state index contributed by atoms with van der Waals surface area (Å²) in [7, 11) is 0. The molecule has 0 heteroatoms. The highest BCUT2D eigenvalue weighted by Gasteiger charge is 1.85. The SMILES string of the molecule is CCC.CCC.CCc1cccc(C)c1. The van der Waals surface area contributed by atoms with E-state index in [-0.39, 0.29) is 0 Å². The number of rotatable bonds is 1. The smallest absolute Gasteiger partial charge is 0.0307 e. The van der Waals surface area contributed by atoms with Crippen molar-refractivity contribution in [3.8, 4) is 0 Å². The number of benzene rings is 1. The largest absolute Gasteiger partial charge is 0.0656 e. The van der Waals surface area contributed by atoms with Gasteiger partial charge in [0.1, 0.15) is 0 Å². The lowest BCUT2D eigenvalue weighted by molar-refractivity contribution is 1.09. The highest BCUT2D eigenvalue weighted by Crippen LogP contribution is 2.03. The summed E-state index contributed by atoms with van der Waals surface area (Å²) in [5.74, 6) is 0. The van der Waals surface area contributed by atoms with Crippen molar-refractivity contribution in [1.29, 1.82) is 0 Å². The lowest BCUT2D eigenvalue weighted by Gasteiger charge is -1.95. The van der Waals surface area contributed by atoms with Gasteiger partial charge in [-0.15, -0.1) is 0 Å². The quantitative estimate of drug-likeness (QED) is 0.580. The van der Waals surface area contributed by atoms with Crippen molar-refractivity contribution in [3.63, 3.8) is 0 Å². The van der Waals surface area contributed by atoms with Crippen molar-refractivity contribution in [1.82, 2.24) is 0 Å². The van der Waals surface area contributed by atoms with Crippen LogP contribution in [0.5, 0.6) is 0 Å². The van der Waals surface area contributed by atoms with E-state index in [1.165, 1.54) is 24.0 Å². The average molecular weight is 208 g/mol. The van der Waals surface area contributed by atoms with E-state index in [1.807, 2.05) is 0 Å². The second-order valence-corrected chi connectivity index (χ2v) is 3.76. The lowest BCUT2D eigenvalue weighted by atomic mass is 10.1. The molecule has 0 saturated heterocycles. The molecule has 0 heterocycles. The van der Waals surface area contributed by atoms with Crippen molar-refractivity contribution >= 4 is 0 Å². The molecular weight excluding hydrogens is 180 g/mol. The highest BCUT2D eigenvalue weighted by molar-refractivity contribution is 5.21. The fourth-order valence-electron chi connectivity index (χ4n) is 0.932. The zero-order chi connectivity index (χ0) is 12.1. The third kappa shape index (κ3) is 13.2. The molecular formula is C15H28. The third-order valence-electron chi connectivity index (χ3n) is 1.49. The molecule has 15 heavy (non-hydrogen) atoms. The Morgan fingerprint density at radius 2 is 1.33 bits per heavy atom. The maximum Gasteiger partial charge on any atom is -0.0307 e. The van der Waals surface area contributed by atoms with Crippen LogP contribution in [0.2, 0.25) is 0 Å². The second kappa shape index (κ2) is 13.2. The maximum absolute atomic E-state index is 2.22. The van der Waals surface area contributed by atoms with Gasteiger partial charge in [0, 0.05) is 0 Å². The summed E-state index contributed by atoms with van der Waals surface area (Å²) in [6.45, 7) is 12.8. The fourth-order valence-corrected chi connectivity index (χ4v) is 0.932. The van der Waals surface area contributed by atoms with E-state index in [0.717, 1.165) is 6.42 Å². The van der Waals surface area contributed by atoms with E-state index in [1.54, 1.807) is 0 Å². The van der Waals surface area contributed by atoms with Gasteiger partial charge >= 0.3 is 0 Å². The molecule has 1 rings (SSSR count). The van der Waals surface area contributed by atoms with Crippen molar-refractivity contribution in [2.45, 2.75) is 60.8 Å². The Morgan fingerprint density at radius 1 is 0.867 bits per heavy atom. The van der Waals surface area contributed by atoms with Crippen LogP contribution in [0.3, 0.4) is 0 Å². The summed E-state index contributed by atoms with van der Waals surface area (Å²) in [6, 6.07) is 8.61. The minimum atomic E-state index is 1.14. The first-order valence-electron chi connectivity index (χ1n) is 6.21. The van der Waals surface area contributed by atoms with Crippen molar-refractivity contribution in [2.75, 3.05) is 0 Å². The van der Waals surface area contributed by atoms with Gasteiger partial charge in [-0.05, 0) is 18.9 Å². The first-order chi connectivity index (χ1) is 7.15. The summed E-state index contributed by atoms with van der Waals surface area (Å²) < 4.78 is 0. The molecule has 0 amide bonds. The third-order valence-corrected chi connectivity index (χ3v) is 1.49. The van der Waals surface area contributed by atoms with Crippen LogP contribution in [0.15, 0.2) is 24.3 Å². The molecule has 0 spiro atoms. The normalized spacial score (nSPS) is 8.13. The van der Waals surface area contributed by atoms with Crippen LogP contribution < -0.4 is 0 Å². The summed E-state index contributed by atoms with van der Waals surface area (Å²) in [6.07, 6.45) is 3.64. The van der Waals surface area contributed by atoms with Crippen LogP contribution in [0.1, 0.15) is 58.6 Å². The molecule has 88 valence electrons. The van der Waals surface area contributed by atoms with E-state index in [0.29, 0.717) is 0 Å². The first kappa shape index (κ1) is 16.6. The molecule has 0 N–H and O–H groups in total. The average Bonchev–Trinajstić information content (AvgIpc) is 2.20. The van der Waals surface area contributed by atoms with Crippen LogP contribution in [0.4, 0.5) is 0 Å². The van der Waals surface area contributed by atoms with Crippen molar-refractivity contribution in [2.24, 2.45) is 0 Å². The topological polar surface area (TPSA) is 0 Å². The van der Waals surface area contributed by atoms with Crippen LogP contribution in [-0.4, -0.2) is 0 Å². The Morgan fingerprint density at radius 3 is 1.60 bits per heavy atom. The molecule has 0 fully saturated rings. The second-order valence-electron chi connectivity index (χ2n) is 3.76. The first-order valence-corrected chi connectivity index (χ1v) is 6.21. The summed E-state index contributed by atoms with van der Waals surface area (Å²) in [5.41, 5.74) is 2.78. The van der Waals surface area contributed by atoms with Gasteiger partial charge in [0.15, 0.2) is 0 Å². The number of hydrogen-bond donors (Lipinski definition) is 0. The molecule has 0 bridgehead atoms. The van der Waals surface area contributed by atoms with Crippen LogP contribution in [0, 0.1) is 6.92 Å². The molecule has 0 nitrogen and oxygen atoms in total. The Bertz CT molecular complexity index is 211. The molecule has 0 unspecified atom stereocenters. The molecule has 0 aliphatic rings. The fraction of sp³-hybridized carbons (Fsp3) is 0.600. The number of hydrogen-bond acceptors (Lipinski definition) is 0. The molecule has 1 aromatic carbocycles. The monoisotopic (exact) mass is 208 g/mol. The maximum atomic E-state index is 2.22. The van der Waals surface area contributed by atoms with Gasteiger partial charge in [0.05, 0.1) is 0 Å². The van der Waals surface area contributed by atoms with Crippen LogP contribution >= 0.6 is 0 Å². The Balaban J connectivity index is 0. The van der Waals surface area contributed by atoms with Gasteiger partial charge in [-0.25, -0.2) is 0 Å². The molecule has 0 radical (unpaired) electrons. The van der Waals surface area contributed by atoms with Gasteiger partial charge in [-0.1, -0.05) is 77.3 Å². The van der Waals surface area contributed by atoms with Crippen molar-refractivity contribution in [3.05, 3.63) is 35.4 Å². The van der Waals surface area contributed by atoms with Gasteiger partial charge in [-0.3, -0.25) is 0 Å². The zero-order valence-corrected chi connectivity index (χ0v) is 11.4. The van der Waals surface area contributed by atoms with Gasteiger partial charge in [0.25, 0.3) is 0 Å². The molecule has 0 aromatic heterocycles. The van der Waals surface area contributed by atoms with E-state index in [9.17, 15) is 0 Å². The predicted molar refractivity (Wildman–Crippen MR) is 72.5 cm³/mol. The van der Waals surface area contributed by atoms with E-state index in [4.69, 9.17) is 0 Å². The molecule has 0 aliphatic carbocycles. The molecule has 1 aromatic rings. The Labute approximate surface area is 96.7 Å². The number of aryl methyl sites for hydroxylation is 2. The summed E-state index contributed by atoms with van der Waals surface area (Å²) in [4.78, 5) is 0. The molecule has 0 aliphatic heterocycles. The van der Waals surface area contributed by atoms with E-state index in [2.05, 4.69) is 65.8 Å². The Hall–Kier alpha value is -0.780. The van der Waals surface area contributed by atoms with Gasteiger partial charge < -0.3 is 0 Å². The molecule has 0 atom stereocenters. The minimum Gasteiger partial charge on any atom is -0.0656 e. The van der Waals surface area contributed by atoms with Crippen LogP contribution in [-0.2, 0) is 6.42 Å². The van der Waals surface area contributed by atoms with Gasteiger partial charge in [-0.2, -0.15) is 0 Å². The minimum absolute atomic E-state index is 1.14. The lowest BCUT2D eigenvalue weighted by Crippen LogP contribution is -1.78. The summed E-state index contributed by atoms with van der Waals surface area (Å²) >= 11 is 0. The predicted octanol–water partition coefficient (Wildman–Crippen LogP) is 5.39. The zero-order valence-electron chi connectivity index (χ0n) is 11.4. The highest BCUT2D eigenvalue weighted by atomic mass is 13.9. The van der Waals surface area contributed by atoms with Gasteiger partial charge in [0.2, 0.25) is 0 Å². The van der Waals surface area contributed by atoms with Crippen LogP contribution in [0.25, 0.3) is 0 Å². The Kier molecular flexibility index (Phi) is 14.7. The van der Waals surface area contributed by atoms with Crippen molar-refractivity contribution < 1.29 is 0 Å². The molecule has 0 saturated carbocycles.